The number of carbonyl (C=O) groups is 3. The molecule has 164 valence electrons. The highest BCUT2D eigenvalue weighted by molar-refractivity contribution is 5.91. The summed E-state index contributed by atoms with van der Waals surface area (Å²) in [6.07, 6.45) is -0.180. The first-order valence-electron chi connectivity index (χ1n) is 10.3. The molecule has 1 aromatic rings. The predicted octanol–water partition coefficient (Wildman–Crippen LogP) is 2.74. The minimum atomic E-state index is -0.612. The lowest BCUT2D eigenvalue weighted by Crippen LogP contribution is -2.35. The van der Waals surface area contributed by atoms with Crippen LogP contribution in [0.25, 0.3) is 0 Å². The van der Waals surface area contributed by atoms with Gasteiger partial charge in [-0.2, -0.15) is 0 Å². The van der Waals surface area contributed by atoms with E-state index in [4.69, 9.17) is 23.7 Å². The fraction of sp³-hybridized carbons (Fsp3) is 0.591. The van der Waals surface area contributed by atoms with Gasteiger partial charge in [-0.15, -0.1) is 0 Å². The average molecular weight is 420 g/mol. The minimum absolute atomic E-state index is 0.157. The van der Waals surface area contributed by atoms with Gasteiger partial charge in [0.1, 0.15) is 18.3 Å². The Bertz CT molecular complexity index is 776. The molecule has 2 heterocycles. The minimum Gasteiger partial charge on any atom is -0.458 e. The van der Waals surface area contributed by atoms with Gasteiger partial charge < -0.3 is 23.7 Å². The molecule has 8 nitrogen and oxygen atoms in total. The summed E-state index contributed by atoms with van der Waals surface area (Å²) in [5.74, 6) is -1.35. The number of hydrogen-bond acceptors (Lipinski definition) is 8. The molecule has 0 radical (unpaired) electrons. The average Bonchev–Trinajstić information content (AvgIpc) is 3.28. The summed E-state index contributed by atoms with van der Waals surface area (Å²) < 4.78 is 27.7. The number of hydrogen-bond donors (Lipinski definition) is 0. The Hall–Kier alpha value is -2.45. The number of esters is 3. The molecule has 2 fully saturated rings. The molecule has 0 amide bonds. The van der Waals surface area contributed by atoms with E-state index >= 15 is 0 Å². The van der Waals surface area contributed by atoms with Crippen molar-refractivity contribution in [3.05, 3.63) is 35.4 Å². The van der Waals surface area contributed by atoms with Gasteiger partial charge in [-0.1, -0.05) is 31.5 Å². The number of carbonyl (C=O) groups excluding carboxylic acids is 3. The Morgan fingerprint density at radius 3 is 2.23 bits per heavy atom. The van der Waals surface area contributed by atoms with Crippen LogP contribution < -0.4 is 0 Å². The van der Waals surface area contributed by atoms with Gasteiger partial charge in [0.2, 0.25) is 0 Å². The molecule has 8 heteroatoms. The van der Waals surface area contributed by atoms with Gasteiger partial charge in [-0.05, 0) is 18.9 Å². The summed E-state index contributed by atoms with van der Waals surface area (Å²) in [4.78, 5) is 35.8. The molecule has 2 aliphatic heterocycles. The van der Waals surface area contributed by atoms with Crippen LogP contribution in [0.5, 0.6) is 0 Å². The number of benzene rings is 1. The second kappa shape index (κ2) is 10.0. The van der Waals surface area contributed by atoms with E-state index < -0.39 is 48.4 Å². The predicted molar refractivity (Wildman–Crippen MR) is 105 cm³/mol. The van der Waals surface area contributed by atoms with Crippen LogP contribution in [0.2, 0.25) is 0 Å². The van der Waals surface area contributed by atoms with Crippen molar-refractivity contribution in [1.82, 2.24) is 0 Å². The number of ether oxygens (including phenoxy) is 5. The molecular weight excluding hydrogens is 392 g/mol. The molecule has 0 bridgehead atoms. The lowest BCUT2D eigenvalue weighted by Gasteiger charge is -2.21. The molecule has 3 rings (SSSR count). The van der Waals surface area contributed by atoms with Crippen molar-refractivity contribution in [2.75, 3.05) is 13.2 Å². The third-order valence-electron chi connectivity index (χ3n) is 5.19. The first kappa shape index (κ1) is 22.2. The molecule has 1 aromatic carbocycles. The van der Waals surface area contributed by atoms with Gasteiger partial charge in [0, 0.05) is 19.4 Å². The fourth-order valence-electron chi connectivity index (χ4n) is 3.88. The quantitative estimate of drug-likeness (QED) is 0.468. The largest absolute Gasteiger partial charge is 0.458 e. The van der Waals surface area contributed by atoms with Crippen LogP contribution in [0.1, 0.15) is 62.1 Å². The number of unbranched alkanes of at least 4 members (excludes halogenated alkanes) is 1. The van der Waals surface area contributed by atoms with Crippen molar-refractivity contribution in [3.8, 4) is 0 Å². The zero-order valence-electron chi connectivity index (χ0n) is 17.5. The molecule has 0 saturated carbocycles. The highest BCUT2D eigenvalue weighted by Crippen LogP contribution is 2.32. The lowest BCUT2D eigenvalue weighted by molar-refractivity contribution is -0.151. The summed E-state index contributed by atoms with van der Waals surface area (Å²) in [5, 5.41) is 0. The monoisotopic (exact) mass is 420 g/mol. The van der Waals surface area contributed by atoms with Gasteiger partial charge >= 0.3 is 17.9 Å². The third kappa shape index (κ3) is 5.17. The van der Waals surface area contributed by atoms with E-state index in [0.717, 1.165) is 12.8 Å². The van der Waals surface area contributed by atoms with E-state index in [1.54, 1.807) is 24.3 Å². The second-order valence-electron chi connectivity index (χ2n) is 7.52. The van der Waals surface area contributed by atoms with E-state index in [1.807, 2.05) is 6.92 Å². The van der Waals surface area contributed by atoms with Crippen molar-refractivity contribution < 1.29 is 38.1 Å². The van der Waals surface area contributed by atoms with Crippen LogP contribution in [-0.2, 0) is 33.3 Å². The topological polar surface area (TPSA) is 97.4 Å². The van der Waals surface area contributed by atoms with E-state index in [2.05, 4.69) is 0 Å². The van der Waals surface area contributed by atoms with Crippen molar-refractivity contribution in [3.63, 3.8) is 0 Å². The molecule has 30 heavy (non-hydrogen) atoms. The highest BCUT2D eigenvalue weighted by atomic mass is 16.7. The van der Waals surface area contributed by atoms with Gasteiger partial charge in [0.05, 0.1) is 18.8 Å². The first-order valence-corrected chi connectivity index (χ1v) is 10.3. The fourth-order valence-corrected chi connectivity index (χ4v) is 3.88. The maximum Gasteiger partial charge on any atom is 0.339 e. The van der Waals surface area contributed by atoms with Gasteiger partial charge in [0.15, 0.2) is 12.2 Å². The summed E-state index contributed by atoms with van der Waals surface area (Å²) in [6, 6.07) is 6.97. The van der Waals surface area contributed by atoms with Crippen molar-refractivity contribution in [2.45, 2.75) is 70.6 Å². The van der Waals surface area contributed by atoms with Crippen LogP contribution in [-0.4, -0.2) is 55.5 Å². The van der Waals surface area contributed by atoms with Crippen molar-refractivity contribution >= 4 is 17.9 Å². The Morgan fingerprint density at radius 2 is 1.63 bits per heavy atom. The van der Waals surface area contributed by atoms with Gasteiger partial charge in [-0.3, -0.25) is 9.59 Å². The summed E-state index contributed by atoms with van der Waals surface area (Å²) >= 11 is 0. The van der Waals surface area contributed by atoms with Crippen LogP contribution in [0.4, 0.5) is 0 Å². The van der Waals surface area contributed by atoms with Crippen LogP contribution in [0.15, 0.2) is 24.3 Å². The summed E-state index contributed by atoms with van der Waals surface area (Å²) in [5.41, 5.74) is 0.963. The number of fused-ring (bicyclic) bond motifs is 1. The first-order chi connectivity index (χ1) is 14.4. The van der Waals surface area contributed by atoms with Crippen LogP contribution in [0, 0.1) is 0 Å². The Labute approximate surface area is 175 Å². The Balaban J connectivity index is 1.72. The van der Waals surface area contributed by atoms with E-state index in [9.17, 15) is 14.4 Å². The van der Waals surface area contributed by atoms with E-state index in [1.165, 1.54) is 13.8 Å². The van der Waals surface area contributed by atoms with E-state index in [0.29, 0.717) is 17.5 Å². The van der Waals surface area contributed by atoms with Crippen molar-refractivity contribution in [1.29, 1.82) is 0 Å². The molecule has 2 unspecified atom stereocenters. The maximum atomic E-state index is 13.0. The van der Waals surface area contributed by atoms with Gasteiger partial charge in [0.25, 0.3) is 0 Å². The molecule has 5 atom stereocenters. The standard InChI is InChI=1S/C22H28O8/c1-4-5-10-17(28-13(2)23)15-8-6-7-9-16(15)22(25)30-19-12-27-20-18(29-14(3)24)11-26-21(19)20/h6-9,17-21H,4-5,10-12H2,1-3H3/t17?,18-,19?,20-,21-/m1/s1. The summed E-state index contributed by atoms with van der Waals surface area (Å²) in [6.45, 7) is 5.09. The van der Waals surface area contributed by atoms with E-state index in [-0.39, 0.29) is 13.2 Å². The third-order valence-corrected chi connectivity index (χ3v) is 5.19. The lowest BCUT2D eigenvalue weighted by atomic mass is 9.98. The number of rotatable bonds is 8. The molecule has 0 spiro atoms. The summed E-state index contributed by atoms with van der Waals surface area (Å²) in [7, 11) is 0. The highest BCUT2D eigenvalue weighted by Gasteiger charge is 2.51. The zero-order valence-corrected chi connectivity index (χ0v) is 17.5. The Morgan fingerprint density at radius 1 is 1.00 bits per heavy atom. The smallest absolute Gasteiger partial charge is 0.339 e. The molecule has 2 saturated heterocycles. The molecule has 2 aliphatic rings. The second-order valence-corrected chi connectivity index (χ2v) is 7.52. The van der Waals surface area contributed by atoms with Crippen molar-refractivity contribution in [2.24, 2.45) is 0 Å². The molecule has 0 N–H and O–H groups in total. The molecular formula is C22H28O8. The van der Waals surface area contributed by atoms with Crippen LogP contribution >= 0.6 is 0 Å². The normalized spacial score (nSPS) is 26.0. The molecule has 0 aromatic heterocycles. The Kier molecular flexibility index (Phi) is 7.44. The maximum absolute atomic E-state index is 13.0. The van der Waals surface area contributed by atoms with Crippen LogP contribution in [0.3, 0.4) is 0 Å². The SMILES string of the molecule is CCCCC(OC(C)=O)c1ccccc1C(=O)OC1CO[C@H]2[C@@H]1OC[C@H]2OC(C)=O. The van der Waals surface area contributed by atoms with Gasteiger partial charge in [-0.25, -0.2) is 4.79 Å². The molecule has 0 aliphatic carbocycles. The zero-order chi connectivity index (χ0) is 21.7.